The minimum atomic E-state index is -3.76. The van der Waals surface area contributed by atoms with Crippen LogP contribution in [0.2, 0.25) is 0 Å². The Morgan fingerprint density at radius 2 is 1.84 bits per heavy atom. The van der Waals surface area contributed by atoms with Crippen LogP contribution in [0.1, 0.15) is 18.9 Å². The van der Waals surface area contributed by atoms with Crippen LogP contribution in [0.3, 0.4) is 0 Å². The van der Waals surface area contributed by atoms with Crippen molar-refractivity contribution in [2.45, 2.75) is 32.0 Å². The van der Waals surface area contributed by atoms with E-state index in [0.717, 1.165) is 27.4 Å². The van der Waals surface area contributed by atoms with Gasteiger partial charge in [-0.3, -0.25) is 9.59 Å². The number of nitrogens with one attached hydrogen (secondary N) is 1. The summed E-state index contributed by atoms with van der Waals surface area (Å²) in [4.78, 5) is 23.6. The number of ether oxygens (including phenoxy) is 1. The Hall–Kier alpha value is -3.42. The van der Waals surface area contributed by atoms with Gasteiger partial charge in [0.25, 0.3) is 0 Å². The first-order valence-electron chi connectivity index (χ1n) is 9.73. The van der Waals surface area contributed by atoms with Gasteiger partial charge in [-0.2, -0.15) is 9.57 Å². The second-order valence-corrected chi connectivity index (χ2v) is 9.21. The number of amides is 2. The van der Waals surface area contributed by atoms with E-state index < -0.39 is 33.9 Å². The van der Waals surface area contributed by atoms with E-state index in [9.17, 15) is 18.0 Å². The van der Waals surface area contributed by atoms with E-state index in [2.05, 4.69) is 5.32 Å². The number of primary amides is 1. The zero-order valence-electron chi connectivity index (χ0n) is 18.1. The first kappa shape index (κ1) is 24.8. The number of methoxy groups -OCH3 is 1. The van der Waals surface area contributed by atoms with Gasteiger partial charge in [-0.15, -0.1) is 0 Å². The van der Waals surface area contributed by atoms with Crippen molar-refractivity contribution in [3.8, 4) is 22.9 Å². The van der Waals surface area contributed by atoms with E-state index in [1.165, 1.54) is 6.92 Å². The average molecular weight is 459 g/mol. The molecule has 0 aromatic heterocycles. The lowest BCUT2D eigenvalue weighted by Gasteiger charge is -2.27. The van der Waals surface area contributed by atoms with Crippen LogP contribution in [0, 0.1) is 11.3 Å². The molecule has 0 spiro atoms. The van der Waals surface area contributed by atoms with Crippen molar-refractivity contribution in [1.29, 1.82) is 5.26 Å². The van der Waals surface area contributed by atoms with Crippen molar-refractivity contribution < 1.29 is 22.7 Å². The molecule has 2 rings (SSSR count). The Kier molecular flexibility index (Phi) is 8.34. The van der Waals surface area contributed by atoms with Gasteiger partial charge < -0.3 is 15.8 Å². The highest BCUT2D eigenvalue weighted by molar-refractivity contribution is 7.88. The second-order valence-electron chi connectivity index (χ2n) is 7.27. The monoisotopic (exact) mass is 458 g/mol. The Bertz CT molecular complexity index is 1110. The Labute approximate surface area is 187 Å². The first-order chi connectivity index (χ1) is 15.0. The highest BCUT2D eigenvalue weighted by atomic mass is 32.2. The summed E-state index contributed by atoms with van der Waals surface area (Å²) in [7, 11) is -2.17. The number of hydrogen-bond acceptors (Lipinski definition) is 6. The molecule has 0 bridgehead atoms. The van der Waals surface area contributed by atoms with E-state index in [-0.39, 0.29) is 13.0 Å². The van der Waals surface area contributed by atoms with Gasteiger partial charge in [0.15, 0.2) is 0 Å². The number of rotatable bonds is 10. The molecule has 0 saturated heterocycles. The highest BCUT2D eigenvalue weighted by Gasteiger charge is 2.30. The molecule has 32 heavy (non-hydrogen) atoms. The van der Waals surface area contributed by atoms with Crippen molar-refractivity contribution in [2.75, 3.05) is 13.4 Å². The largest absolute Gasteiger partial charge is 0.497 e. The van der Waals surface area contributed by atoms with Crippen LogP contribution in [0.15, 0.2) is 48.5 Å². The molecule has 0 fully saturated rings. The molecule has 10 heteroatoms. The average Bonchev–Trinajstić information content (AvgIpc) is 2.75. The molecule has 0 heterocycles. The zero-order valence-corrected chi connectivity index (χ0v) is 18.9. The van der Waals surface area contributed by atoms with E-state index in [1.807, 2.05) is 36.4 Å². The van der Waals surface area contributed by atoms with Gasteiger partial charge >= 0.3 is 0 Å². The topological polar surface area (TPSA) is 143 Å². The molecule has 0 radical (unpaired) electrons. The fourth-order valence-corrected chi connectivity index (χ4v) is 4.13. The number of nitriles is 1. The van der Waals surface area contributed by atoms with Gasteiger partial charge in [0.2, 0.25) is 21.8 Å². The van der Waals surface area contributed by atoms with Gasteiger partial charge in [0.1, 0.15) is 17.8 Å². The molecule has 170 valence electrons. The van der Waals surface area contributed by atoms with Crippen LogP contribution in [0.25, 0.3) is 11.1 Å². The van der Waals surface area contributed by atoms with E-state index in [4.69, 9.17) is 15.7 Å². The maximum Gasteiger partial charge on any atom is 0.239 e. The van der Waals surface area contributed by atoms with Crippen LogP contribution >= 0.6 is 0 Å². The molecule has 0 saturated carbocycles. The zero-order chi connectivity index (χ0) is 23.9. The molecule has 2 amide bonds. The van der Waals surface area contributed by atoms with Crippen LogP contribution in [-0.4, -0.2) is 50.0 Å². The number of benzene rings is 2. The Morgan fingerprint density at radius 1 is 1.19 bits per heavy atom. The molecular weight excluding hydrogens is 432 g/mol. The van der Waals surface area contributed by atoms with Crippen LogP contribution in [0.5, 0.6) is 5.75 Å². The molecule has 2 atom stereocenters. The van der Waals surface area contributed by atoms with Gasteiger partial charge in [0, 0.05) is 6.54 Å². The number of hydrogen-bond donors (Lipinski definition) is 2. The Balaban J connectivity index is 2.19. The second kappa shape index (κ2) is 10.7. The number of nitrogens with zero attached hydrogens (tertiary/aromatic N) is 2. The summed E-state index contributed by atoms with van der Waals surface area (Å²) in [6.07, 6.45) is 0.645. The fraction of sp³-hybridized carbons (Fsp3) is 0.318. The summed E-state index contributed by atoms with van der Waals surface area (Å²) in [5.41, 5.74) is 7.61. The summed E-state index contributed by atoms with van der Waals surface area (Å²) < 4.78 is 31.0. The van der Waals surface area contributed by atoms with E-state index in [0.29, 0.717) is 5.56 Å². The molecule has 2 aromatic rings. The summed E-state index contributed by atoms with van der Waals surface area (Å²) in [5.74, 6) is -0.724. The smallest absolute Gasteiger partial charge is 0.239 e. The van der Waals surface area contributed by atoms with Crippen LogP contribution < -0.4 is 15.8 Å². The normalized spacial score (nSPS) is 13.1. The first-order valence-corrected chi connectivity index (χ1v) is 11.6. The minimum absolute atomic E-state index is 0.0428. The molecule has 9 nitrogen and oxygen atoms in total. The van der Waals surface area contributed by atoms with E-state index >= 15 is 0 Å². The summed E-state index contributed by atoms with van der Waals surface area (Å²) in [6.45, 7) is 1.37. The van der Waals surface area contributed by atoms with Gasteiger partial charge in [-0.25, -0.2) is 8.42 Å². The predicted molar refractivity (Wildman–Crippen MR) is 120 cm³/mol. The van der Waals surface area contributed by atoms with Crippen LogP contribution in [0.4, 0.5) is 0 Å². The predicted octanol–water partition coefficient (Wildman–Crippen LogP) is 1.40. The molecule has 0 aliphatic heterocycles. The number of carbonyl (C=O) groups is 2. The molecule has 2 aromatic carbocycles. The molecule has 0 aliphatic rings. The lowest BCUT2D eigenvalue weighted by atomic mass is 10.0. The standard InChI is InChI=1S/C22H26N4O5S/c1-15(22(28)25-19(13-23)12-21(24)27)26(32(3,29)30)14-16-7-9-17(10-8-16)18-5-4-6-20(11-18)31-2/h4-11,15,19H,12,14H2,1-3H3,(H2,24,27)(H,25,28)/t15-,19+/m1/s1. The number of carbonyl (C=O) groups excluding carboxylic acids is 2. The van der Waals surface area contributed by atoms with Gasteiger partial charge in [-0.05, 0) is 35.7 Å². The van der Waals surface area contributed by atoms with Gasteiger partial charge in [-0.1, -0.05) is 36.4 Å². The third-order valence-electron chi connectivity index (χ3n) is 4.81. The van der Waals surface area contributed by atoms with Crippen molar-refractivity contribution in [3.05, 3.63) is 54.1 Å². The SMILES string of the molecule is COc1cccc(-c2ccc(CN([C@H](C)C(=O)N[C@H](C#N)CC(N)=O)S(C)(=O)=O)cc2)c1. The van der Waals surface area contributed by atoms with Gasteiger partial charge in [0.05, 0.1) is 25.9 Å². The van der Waals surface area contributed by atoms with Crippen LogP contribution in [-0.2, 0) is 26.2 Å². The maximum absolute atomic E-state index is 12.5. The molecule has 0 aliphatic carbocycles. The van der Waals surface area contributed by atoms with Crippen molar-refractivity contribution >= 4 is 21.8 Å². The third kappa shape index (κ3) is 6.80. The highest BCUT2D eigenvalue weighted by Crippen LogP contribution is 2.24. The van der Waals surface area contributed by atoms with Crippen molar-refractivity contribution in [2.24, 2.45) is 5.73 Å². The molecule has 3 N–H and O–H groups in total. The molecule has 0 unspecified atom stereocenters. The van der Waals surface area contributed by atoms with Crippen molar-refractivity contribution in [1.82, 2.24) is 9.62 Å². The molecular formula is C22H26N4O5S. The summed E-state index contributed by atoms with van der Waals surface area (Å²) >= 11 is 0. The lowest BCUT2D eigenvalue weighted by Crippen LogP contribution is -2.50. The summed E-state index contributed by atoms with van der Waals surface area (Å²) in [6, 6.07) is 14.3. The quantitative estimate of drug-likeness (QED) is 0.551. The lowest BCUT2D eigenvalue weighted by molar-refractivity contribution is -0.125. The number of sulfonamides is 1. The van der Waals surface area contributed by atoms with Crippen molar-refractivity contribution in [3.63, 3.8) is 0 Å². The fourth-order valence-electron chi connectivity index (χ4n) is 3.08. The van der Waals surface area contributed by atoms with E-state index in [1.54, 1.807) is 25.3 Å². The Morgan fingerprint density at radius 3 is 2.38 bits per heavy atom. The third-order valence-corrected chi connectivity index (χ3v) is 6.11. The summed E-state index contributed by atoms with van der Waals surface area (Å²) in [5, 5.41) is 11.4. The minimum Gasteiger partial charge on any atom is -0.497 e. The number of nitrogens with two attached hydrogens (primary N) is 1. The maximum atomic E-state index is 12.5.